The lowest BCUT2D eigenvalue weighted by molar-refractivity contribution is -0.137. The number of rotatable bonds is 2. The number of nitrogens with zero attached hydrogens (tertiary/aromatic N) is 1. The van der Waals surface area contributed by atoms with Crippen LogP contribution in [0.4, 0.5) is 0 Å². The normalized spacial score (nSPS) is 16.4. The van der Waals surface area contributed by atoms with Crippen LogP contribution < -0.4 is 0 Å². The zero-order valence-corrected chi connectivity index (χ0v) is 7.68. The van der Waals surface area contributed by atoms with Gasteiger partial charge in [0.05, 0.1) is 18.7 Å². The van der Waals surface area contributed by atoms with Crippen LogP contribution in [0.3, 0.4) is 0 Å². The Morgan fingerprint density at radius 3 is 2.67 bits per heavy atom. The van der Waals surface area contributed by atoms with Crippen molar-refractivity contribution in [3.63, 3.8) is 0 Å². The van der Waals surface area contributed by atoms with E-state index in [-0.39, 0.29) is 5.97 Å². The third-order valence-electron chi connectivity index (χ3n) is 1.82. The molecule has 66 valence electrons. The molecule has 0 amide bonds. The van der Waals surface area contributed by atoms with E-state index in [1.165, 1.54) is 0 Å². The maximum atomic E-state index is 11.3. The molecule has 0 N–H and O–H groups in total. The van der Waals surface area contributed by atoms with Crippen LogP contribution >= 0.6 is 0 Å². The van der Waals surface area contributed by atoms with Gasteiger partial charge in [-0.3, -0.25) is 4.99 Å². The summed E-state index contributed by atoms with van der Waals surface area (Å²) < 4.78 is 4.89. The third-order valence-corrected chi connectivity index (χ3v) is 1.82. The summed E-state index contributed by atoms with van der Waals surface area (Å²) in [5.41, 5.74) is 2.47. The minimum absolute atomic E-state index is 0.242. The first-order chi connectivity index (χ1) is 5.66. The van der Waals surface area contributed by atoms with Gasteiger partial charge in [-0.2, -0.15) is 0 Å². The van der Waals surface area contributed by atoms with Crippen molar-refractivity contribution < 1.29 is 9.53 Å². The fourth-order valence-electron chi connectivity index (χ4n) is 1.23. The Morgan fingerprint density at radius 2 is 2.25 bits per heavy atom. The Bertz CT molecular complexity index is 264. The highest BCUT2D eigenvalue weighted by atomic mass is 16.5. The smallest absolute Gasteiger partial charge is 0.339 e. The zero-order valence-electron chi connectivity index (χ0n) is 7.68. The fraction of sp³-hybridized carbons (Fsp3) is 0.556. The second-order valence-corrected chi connectivity index (χ2v) is 2.78. The predicted octanol–water partition coefficient (Wildman–Crippen LogP) is 1.34. The summed E-state index contributed by atoms with van der Waals surface area (Å²) in [5.74, 6) is -0.242. The Morgan fingerprint density at radius 1 is 1.58 bits per heavy atom. The highest BCUT2D eigenvalue weighted by Gasteiger charge is 2.20. The first-order valence-corrected chi connectivity index (χ1v) is 4.05. The van der Waals surface area contributed by atoms with Gasteiger partial charge >= 0.3 is 5.97 Å². The average Bonchev–Trinajstić information content (AvgIpc) is 2.32. The van der Waals surface area contributed by atoms with Crippen molar-refractivity contribution in [2.75, 3.05) is 13.2 Å². The van der Waals surface area contributed by atoms with E-state index in [9.17, 15) is 4.79 Å². The Kier molecular flexibility index (Phi) is 2.63. The monoisotopic (exact) mass is 167 g/mol. The van der Waals surface area contributed by atoms with Gasteiger partial charge in [0.1, 0.15) is 0 Å². The van der Waals surface area contributed by atoms with Gasteiger partial charge < -0.3 is 4.74 Å². The Balaban J connectivity index is 2.80. The standard InChI is InChI=1S/C9H13NO2/c1-4-12-9(11)8-6(2)5-10-7(8)3/h4-5H2,1-3H3. The van der Waals surface area contributed by atoms with Gasteiger partial charge in [-0.05, 0) is 26.3 Å². The van der Waals surface area contributed by atoms with Gasteiger partial charge in [-0.1, -0.05) is 0 Å². The lowest BCUT2D eigenvalue weighted by Crippen LogP contribution is -2.12. The topological polar surface area (TPSA) is 38.7 Å². The molecule has 0 unspecified atom stereocenters. The van der Waals surface area contributed by atoms with Crippen LogP contribution in [0.1, 0.15) is 20.8 Å². The van der Waals surface area contributed by atoms with Crippen LogP contribution in [0.15, 0.2) is 16.1 Å². The van der Waals surface area contributed by atoms with E-state index >= 15 is 0 Å². The third kappa shape index (κ3) is 1.55. The molecule has 3 nitrogen and oxygen atoms in total. The van der Waals surface area contributed by atoms with Gasteiger partial charge in [0.25, 0.3) is 0 Å². The molecule has 0 saturated heterocycles. The fourth-order valence-corrected chi connectivity index (χ4v) is 1.23. The van der Waals surface area contributed by atoms with Crippen LogP contribution in [0.5, 0.6) is 0 Å². The molecule has 1 rings (SSSR count). The molecule has 12 heavy (non-hydrogen) atoms. The van der Waals surface area contributed by atoms with Crippen LogP contribution in [0, 0.1) is 0 Å². The molecule has 0 radical (unpaired) electrons. The lowest BCUT2D eigenvalue weighted by Gasteiger charge is -2.03. The molecule has 1 aliphatic heterocycles. The summed E-state index contributed by atoms with van der Waals surface area (Å²) in [4.78, 5) is 15.4. The number of carbonyl (C=O) groups is 1. The first kappa shape index (κ1) is 8.97. The zero-order chi connectivity index (χ0) is 9.14. The molecule has 0 aromatic carbocycles. The van der Waals surface area contributed by atoms with E-state index in [2.05, 4.69) is 4.99 Å². The van der Waals surface area contributed by atoms with Crippen LogP contribution in [-0.2, 0) is 9.53 Å². The maximum absolute atomic E-state index is 11.3. The van der Waals surface area contributed by atoms with Crippen LogP contribution in [-0.4, -0.2) is 24.8 Å². The van der Waals surface area contributed by atoms with Gasteiger partial charge in [0.15, 0.2) is 0 Å². The highest BCUT2D eigenvalue weighted by Crippen LogP contribution is 2.15. The summed E-state index contributed by atoms with van der Waals surface area (Å²) in [6.45, 7) is 6.60. The molecule has 0 bridgehead atoms. The van der Waals surface area contributed by atoms with Crippen molar-refractivity contribution in [2.45, 2.75) is 20.8 Å². The van der Waals surface area contributed by atoms with Crippen molar-refractivity contribution >= 4 is 11.7 Å². The molecular formula is C9H13NO2. The van der Waals surface area contributed by atoms with Crippen LogP contribution in [0.25, 0.3) is 0 Å². The molecule has 0 fully saturated rings. The van der Waals surface area contributed by atoms with E-state index in [1.54, 1.807) is 6.92 Å². The largest absolute Gasteiger partial charge is 0.462 e. The SMILES string of the molecule is CCOC(=O)C1=C(C)CN=C1C. The average molecular weight is 167 g/mol. The maximum Gasteiger partial charge on any atom is 0.339 e. The second kappa shape index (κ2) is 3.52. The van der Waals surface area contributed by atoms with E-state index in [4.69, 9.17) is 4.74 Å². The number of aliphatic imine (C=N–C) groups is 1. The van der Waals surface area contributed by atoms with E-state index in [0.717, 1.165) is 11.3 Å². The van der Waals surface area contributed by atoms with Crippen molar-refractivity contribution in [2.24, 2.45) is 4.99 Å². The van der Waals surface area contributed by atoms with Crippen molar-refractivity contribution in [3.8, 4) is 0 Å². The Labute approximate surface area is 72.1 Å². The first-order valence-electron chi connectivity index (χ1n) is 4.05. The summed E-state index contributed by atoms with van der Waals surface area (Å²) in [7, 11) is 0. The summed E-state index contributed by atoms with van der Waals surface area (Å²) in [5, 5.41) is 0. The highest BCUT2D eigenvalue weighted by molar-refractivity contribution is 6.20. The number of carbonyl (C=O) groups excluding carboxylic acids is 1. The van der Waals surface area contributed by atoms with Gasteiger partial charge in [-0.25, -0.2) is 4.79 Å². The van der Waals surface area contributed by atoms with E-state index < -0.39 is 0 Å². The van der Waals surface area contributed by atoms with Gasteiger partial charge in [0.2, 0.25) is 0 Å². The van der Waals surface area contributed by atoms with E-state index in [1.807, 2.05) is 13.8 Å². The molecule has 0 aromatic rings. The number of esters is 1. The molecule has 0 aromatic heterocycles. The lowest BCUT2D eigenvalue weighted by atomic mass is 10.1. The molecule has 0 saturated carbocycles. The molecule has 1 aliphatic rings. The van der Waals surface area contributed by atoms with Gasteiger partial charge in [-0.15, -0.1) is 0 Å². The minimum atomic E-state index is -0.242. The van der Waals surface area contributed by atoms with Crippen molar-refractivity contribution in [3.05, 3.63) is 11.1 Å². The summed E-state index contributed by atoms with van der Waals surface area (Å²) >= 11 is 0. The van der Waals surface area contributed by atoms with E-state index in [0.29, 0.717) is 18.7 Å². The van der Waals surface area contributed by atoms with Crippen LogP contribution in [0.2, 0.25) is 0 Å². The number of hydrogen-bond acceptors (Lipinski definition) is 3. The molecular weight excluding hydrogens is 154 g/mol. The summed E-state index contributed by atoms with van der Waals surface area (Å²) in [6, 6.07) is 0. The predicted molar refractivity (Wildman–Crippen MR) is 47.3 cm³/mol. The van der Waals surface area contributed by atoms with Crippen molar-refractivity contribution in [1.29, 1.82) is 0 Å². The quantitative estimate of drug-likeness (QED) is 0.582. The number of hydrogen-bond donors (Lipinski definition) is 0. The minimum Gasteiger partial charge on any atom is -0.462 e. The van der Waals surface area contributed by atoms with Gasteiger partial charge in [0, 0.05) is 5.71 Å². The summed E-state index contributed by atoms with van der Waals surface area (Å²) in [6.07, 6.45) is 0. The second-order valence-electron chi connectivity index (χ2n) is 2.78. The molecule has 0 aliphatic carbocycles. The Hall–Kier alpha value is -1.12. The molecule has 0 atom stereocenters. The molecule has 0 spiro atoms. The number of ether oxygens (including phenoxy) is 1. The van der Waals surface area contributed by atoms with Crippen molar-refractivity contribution in [1.82, 2.24) is 0 Å². The molecule has 3 heteroatoms. The molecule has 1 heterocycles.